The zero-order valence-electron chi connectivity index (χ0n) is 8.73. The van der Waals surface area contributed by atoms with Crippen LogP contribution in [0.25, 0.3) is 0 Å². The van der Waals surface area contributed by atoms with Crippen LogP contribution in [0.4, 0.5) is 4.39 Å². The van der Waals surface area contributed by atoms with Crippen molar-refractivity contribution in [3.8, 4) is 5.75 Å². The summed E-state index contributed by atoms with van der Waals surface area (Å²) in [4.78, 5) is 11.1. The monoisotopic (exact) mass is 226 g/mol. The highest BCUT2D eigenvalue weighted by Crippen LogP contribution is 2.20. The maximum absolute atomic E-state index is 13.4. The van der Waals surface area contributed by atoms with Crippen molar-refractivity contribution in [2.75, 3.05) is 20.3 Å². The molecule has 1 atom stereocenters. The highest BCUT2D eigenvalue weighted by atomic mass is 19.1. The van der Waals surface area contributed by atoms with Crippen LogP contribution in [0.1, 0.15) is 10.4 Å². The number of carbonyl (C=O) groups excluding carboxylic acids is 1. The molecule has 0 aromatic heterocycles. The zero-order chi connectivity index (χ0) is 11.5. The Morgan fingerprint density at radius 3 is 2.94 bits per heavy atom. The summed E-state index contributed by atoms with van der Waals surface area (Å²) in [5.41, 5.74) is 0.162. The van der Waals surface area contributed by atoms with Crippen molar-refractivity contribution in [1.29, 1.82) is 0 Å². The van der Waals surface area contributed by atoms with Gasteiger partial charge in [-0.05, 0) is 18.2 Å². The third-order valence-corrected chi connectivity index (χ3v) is 2.18. The first-order valence-electron chi connectivity index (χ1n) is 4.83. The van der Waals surface area contributed by atoms with E-state index in [1.165, 1.54) is 19.2 Å². The van der Waals surface area contributed by atoms with E-state index in [4.69, 9.17) is 9.47 Å². The van der Waals surface area contributed by atoms with Crippen LogP contribution in [0.3, 0.4) is 0 Å². The Morgan fingerprint density at radius 2 is 2.38 bits per heavy atom. The minimum atomic E-state index is -0.580. The number of hydrogen-bond acceptors (Lipinski definition) is 4. The standard InChI is InChI=1S/C11H11FO4/c1-14-11(13)7-2-3-10(9(12)4-7)16-6-8-5-15-8/h2-4,8H,5-6H2,1H3. The molecule has 0 saturated carbocycles. The van der Waals surface area contributed by atoms with Crippen LogP contribution in [0.5, 0.6) is 5.75 Å². The largest absolute Gasteiger partial charge is 0.488 e. The lowest BCUT2D eigenvalue weighted by molar-refractivity contribution is 0.0600. The van der Waals surface area contributed by atoms with Crippen molar-refractivity contribution < 1.29 is 23.4 Å². The normalized spacial score (nSPS) is 18.0. The van der Waals surface area contributed by atoms with Gasteiger partial charge in [0.2, 0.25) is 0 Å². The third kappa shape index (κ3) is 2.49. The minimum Gasteiger partial charge on any atom is -0.488 e. The average Bonchev–Trinajstić information content (AvgIpc) is 3.10. The van der Waals surface area contributed by atoms with E-state index in [1.807, 2.05) is 0 Å². The van der Waals surface area contributed by atoms with Crippen molar-refractivity contribution >= 4 is 5.97 Å². The van der Waals surface area contributed by atoms with Gasteiger partial charge in [-0.3, -0.25) is 0 Å². The van der Waals surface area contributed by atoms with Crippen molar-refractivity contribution in [3.05, 3.63) is 29.6 Å². The molecule has 0 spiro atoms. The van der Waals surface area contributed by atoms with E-state index in [1.54, 1.807) is 0 Å². The minimum absolute atomic E-state index is 0.0692. The van der Waals surface area contributed by atoms with Crippen LogP contribution in [-0.2, 0) is 9.47 Å². The molecule has 1 heterocycles. The molecule has 0 N–H and O–H groups in total. The molecule has 1 aliphatic heterocycles. The molecule has 0 bridgehead atoms. The van der Waals surface area contributed by atoms with Crippen molar-refractivity contribution in [2.45, 2.75) is 6.10 Å². The quantitative estimate of drug-likeness (QED) is 0.575. The Bertz CT molecular complexity index is 401. The molecule has 0 aliphatic carbocycles. The summed E-state index contributed by atoms with van der Waals surface area (Å²) in [5, 5.41) is 0. The van der Waals surface area contributed by atoms with E-state index in [0.717, 1.165) is 6.07 Å². The predicted octanol–water partition coefficient (Wildman–Crippen LogP) is 1.39. The first kappa shape index (κ1) is 10.9. The second-order valence-corrected chi connectivity index (χ2v) is 3.40. The first-order valence-corrected chi connectivity index (χ1v) is 4.83. The lowest BCUT2D eigenvalue weighted by atomic mass is 10.2. The lowest BCUT2D eigenvalue weighted by Gasteiger charge is -2.06. The first-order chi connectivity index (χ1) is 7.70. The van der Waals surface area contributed by atoms with Gasteiger partial charge in [-0.2, -0.15) is 0 Å². The lowest BCUT2D eigenvalue weighted by Crippen LogP contribution is -2.07. The Labute approximate surface area is 91.9 Å². The topological polar surface area (TPSA) is 48.1 Å². The number of halogens is 1. The summed E-state index contributed by atoms with van der Waals surface area (Å²) < 4.78 is 28.0. The maximum Gasteiger partial charge on any atom is 0.337 e. The molecule has 1 aliphatic rings. The molecule has 1 fully saturated rings. The van der Waals surface area contributed by atoms with Crippen molar-refractivity contribution in [1.82, 2.24) is 0 Å². The fourth-order valence-corrected chi connectivity index (χ4v) is 1.21. The number of ether oxygens (including phenoxy) is 3. The second-order valence-electron chi connectivity index (χ2n) is 3.40. The highest BCUT2D eigenvalue weighted by Gasteiger charge is 2.23. The molecule has 5 heteroatoms. The van der Waals surface area contributed by atoms with Gasteiger partial charge in [0.15, 0.2) is 11.6 Å². The van der Waals surface area contributed by atoms with Gasteiger partial charge in [0, 0.05) is 0 Å². The van der Waals surface area contributed by atoms with Crippen LogP contribution in [0.2, 0.25) is 0 Å². The predicted molar refractivity (Wildman–Crippen MR) is 53.0 cm³/mol. The van der Waals surface area contributed by atoms with Gasteiger partial charge in [-0.25, -0.2) is 9.18 Å². The molecule has 2 rings (SSSR count). The van der Waals surface area contributed by atoms with Gasteiger partial charge in [0.25, 0.3) is 0 Å². The van der Waals surface area contributed by atoms with Gasteiger partial charge >= 0.3 is 5.97 Å². The summed E-state index contributed by atoms with van der Waals surface area (Å²) in [6, 6.07) is 3.96. The second kappa shape index (κ2) is 4.49. The Kier molecular flexibility index (Phi) is 3.05. The van der Waals surface area contributed by atoms with Crippen LogP contribution in [-0.4, -0.2) is 32.4 Å². The van der Waals surface area contributed by atoms with E-state index in [0.29, 0.717) is 13.2 Å². The molecule has 0 amide bonds. The Hall–Kier alpha value is -1.62. The number of carbonyl (C=O) groups is 1. The summed E-state index contributed by atoms with van der Waals surface area (Å²) in [7, 11) is 1.25. The average molecular weight is 226 g/mol. The molecule has 1 unspecified atom stereocenters. The molecule has 4 nitrogen and oxygen atoms in total. The molecule has 0 radical (unpaired) electrons. The summed E-state index contributed by atoms with van der Waals surface area (Å²) in [6.07, 6.45) is 0.0692. The van der Waals surface area contributed by atoms with Crippen molar-refractivity contribution in [2.24, 2.45) is 0 Å². The summed E-state index contributed by atoms with van der Waals surface area (Å²) in [5.74, 6) is -1.04. The molecular formula is C11H11FO4. The van der Waals surface area contributed by atoms with Crippen LogP contribution in [0.15, 0.2) is 18.2 Å². The number of esters is 1. The highest BCUT2D eigenvalue weighted by molar-refractivity contribution is 5.89. The van der Waals surface area contributed by atoms with Crippen LogP contribution >= 0.6 is 0 Å². The molecular weight excluding hydrogens is 215 g/mol. The zero-order valence-corrected chi connectivity index (χ0v) is 8.73. The third-order valence-electron chi connectivity index (χ3n) is 2.18. The number of hydrogen-bond donors (Lipinski definition) is 0. The number of rotatable bonds is 4. The van der Waals surface area contributed by atoms with Gasteiger partial charge in [0.05, 0.1) is 19.3 Å². The SMILES string of the molecule is COC(=O)c1ccc(OCC2CO2)c(F)c1. The van der Waals surface area contributed by atoms with Gasteiger partial charge in [-0.1, -0.05) is 0 Å². The smallest absolute Gasteiger partial charge is 0.337 e. The maximum atomic E-state index is 13.4. The van der Waals surface area contributed by atoms with E-state index >= 15 is 0 Å². The molecule has 86 valence electrons. The van der Waals surface area contributed by atoms with E-state index in [-0.39, 0.29) is 17.4 Å². The van der Waals surface area contributed by atoms with E-state index in [2.05, 4.69) is 4.74 Å². The van der Waals surface area contributed by atoms with E-state index in [9.17, 15) is 9.18 Å². The Morgan fingerprint density at radius 1 is 1.62 bits per heavy atom. The number of benzene rings is 1. The number of epoxide rings is 1. The molecule has 1 aromatic carbocycles. The molecule has 1 saturated heterocycles. The summed E-state index contributed by atoms with van der Waals surface area (Å²) >= 11 is 0. The van der Waals surface area contributed by atoms with Crippen LogP contribution in [0, 0.1) is 5.82 Å². The van der Waals surface area contributed by atoms with Crippen molar-refractivity contribution in [3.63, 3.8) is 0 Å². The Balaban J connectivity index is 2.05. The fourth-order valence-electron chi connectivity index (χ4n) is 1.21. The fraction of sp³-hybridized carbons (Fsp3) is 0.364. The van der Waals surface area contributed by atoms with Crippen LogP contribution < -0.4 is 4.74 Å². The van der Waals surface area contributed by atoms with E-state index < -0.39 is 11.8 Å². The van der Waals surface area contributed by atoms with Gasteiger partial charge < -0.3 is 14.2 Å². The summed E-state index contributed by atoms with van der Waals surface area (Å²) in [6.45, 7) is 0.982. The van der Waals surface area contributed by atoms with Gasteiger partial charge in [-0.15, -0.1) is 0 Å². The van der Waals surface area contributed by atoms with Gasteiger partial charge in [0.1, 0.15) is 12.7 Å². The molecule has 1 aromatic rings. The number of methoxy groups -OCH3 is 1. The molecule has 16 heavy (non-hydrogen) atoms.